The number of hydrogen-bond acceptors (Lipinski definition) is 5. The van der Waals surface area contributed by atoms with E-state index in [-0.39, 0.29) is 0 Å². The maximum absolute atomic E-state index is 11.4. The normalized spacial score (nSPS) is 15.0. The Morgan fingerprint density at radius 2 is 1.67 bits per heavy atom. The fourth-order valence-corrected chi connectivity index (χ4v) is 2.56. The van der Waals surface area contributed by atoms with Gasteiger partial charge in [0, 0.05) is 50.5 Å². The highest BCUT2D eigenvalue weighted by Gasteiger charge is 2.21. The van der Waals surface area contributed by atoms with E-state index in [4.69, 9.17) is 5.73 Å². The molecule has 0 aliphatic carbocycles. The molecular formula is C15H16N5O. The van der Waals surface area contributed by atoms with Crippen molar-refractivity contribution in [3.05, 3.63) is 48.4 Å². The van der Waals surface area contributed by atoms with Crippen LogP contribution in [0.1, 0.15) is 10.4 Å². The number of pyridine rings is 2. The van der Waals surface area contributed by atoms with Crippen molar-refractivity contribution in [3.63, 3.8) is 0 Å². The fourth-order valence-electron chi connectivity index (χ4n) is 2.56. The Morgan fingerprint density at radius 3 is 2.33 bits per heavy atom. The highest BCUT2D eigenvalue weighted by molar-refractivity contribution is 5.97. The van der Waals surface area contributed by atoms with Gasteiger partial charge in [0.05, 0.1) is 5.56 Å². The predicted molar refractivity (Wildman–Crippen MR) is 80.3 cm³/mol. The standard InChI is InChI=1S/C15H16N5O/c16-14(21)13-2-1-5-18-15(13)20-10-8-19(9-11-20)12-3-6-17-7-4-12/h1-7,16H,8-11H2. The molecule has 0 saturated carbocycles. The molecule has 1 amide bonds. The first-order chi connectivity index (χ1) is 10.3. The molecule has 0 spiro atoms. The summed E-state index contributed by atoms with van der Waals surface area (Å²) in [4.78, 5) is 24.0. The molecular weight excluding hydrogens is 266 g/mol. The second-order valence-corrected chi connectivity index (χ2v) is 4.88. The number of carbonyl (C=O) groups excluding carboxylic acids is 1. The van der Waals surface area contributed by atoms with E-state index in [1.807, 2.05) is 12.1 Å². The van der Waals surface area contributed by atoms with Crippen LogP contribution in [-0.2, 0) is 0 Å². The van der Waals surface area contributed by atoms with Crippen LogP contribution >= 0.6 is 0 Å². The van der Waals surface area contributed by atoms with E-state index in [2.05, 4.69) is 19.8 Å². The third kappa shape index (κ3) is 2.79. The Labute approximate surface area is 123 Å². The molecule has 21 heavy (non-hydrogen) atoms. The zero-order valence-corrected chi connectivity index (χ0v) is 11.6. The average Bonchev–Trinajstić information content (AvgIpc) is 2.56. The zero-order chi connectivity index (χ0) is 14.7. The molecule has 3 rings (SSSR count). The molecule has 1 fully saturated rings. The van der Waals surface area contributed by atoms with Gasteiger partial charge in [-0.15, -0.1) is 0 Å². The highest BCUT2D eigenvalue weighted by Crippen LogP contribution is 2.21. The number of amides is 1. The summed E-state index contributed by atoms with van der Waals surface area (Å²) < 4.78 is 0. The molecule has 107 valence electrons. The van der Waals surface area contributed by atoms with Gasteiger partial charge in [-0.05, 0) is 24.3 Å². The Kier molecular flexibility index (Phi) is 3.68. The Morgan fingerprint density at radius 1 is 1.00 bits per heavy atom. The van der Waals surface area contributed by atoms with E-state index in [1.54, 1.807) is 30.7 Å². The van der Waals surface area contributed by atoms with Crippen LogP contribution in [0.4, 0.5) is 11.5 Å². The Bertz CT molecular complexity index is 623. The molecule has 1 aliphatic heterocycles. The minimum absolute atomic E-state index is 0.370. The Balaban J connectivity index is 1.73. The highest BCUT2D eigenvalue weighted by atomic mass is 16.1. The van der Waals surface area contributed by atoms with Crippen molar-refractivity contribution in [2.45, 2.75) is 0 Å². The minimum Gasteiger partial charge on any atom is -0.368 e. The monoisotopic (exact) mass is 282 g/mol. The van der Waals surface area contributed by atoms with Crippen LogP contribution in [-0.4, -0.2) is 42.1 Å². The molecule has 0 bridgehead atoms. The quantitative estimate of drug-likeness (QED) is 0.846. The van der Waals surface area contributed by atoms with Crippen molar-refractivity contribution in [2.24, 2.45) is 0 Å². The molecule has 0 aromatic carbocycles. The summed E-state index contributed by atoms with van der Waals surface area (Å²) in [5, 5.41) is 0. The van der Waals surface area contributed by atoms with Crippen LogP contribution in [0.25, 0.3) is 0 Å². The first kappa shape index (κ1) is 13.4. The number of rotatable bonds is 3. The van der Waals surface area contributed by atoms with Crippen molar-refractivity contribution >= 4 is 17.4 Å². The number of anilines is 2. The summed E-state index contributed by atoms with van der Waals surface area (Å²) in [7, 11) is 0. The summed E-state index contributed by atoms with van der Waals surface area (Å²) >= 11 is 0. The van der Waals surface area contributed by atoms with E-state index in [0.29, 0.717) is 11.4 Å². The molecule has 6 heteroatoms. The lowest BCUT2D eigenvalue weighted by Crippen LogP contribution is -2.47. The van der Waals surface area contributed by atoms with Crippen LogP contribution in [0.3, 0.4) is 0 Å². The number of piperazine rings is 1. The molecule has 2 aromatic heterocycles. The largest absolute Gasteiger partial charge is 0.368 e. The Hall–Kier alpha value is -2.63. The smallest absolute Gasteiger partial charge is 0.273 e. The lowest BCUT2D eigenvalue weighted by Gasteiger charge is -2.37. The molecule has 3 heterocycles. The summed E-state index contributed by atoms with van der Waals surface area (Å²) in [6.45, 7) is 3.26. The van der Waals surface area contributed by atoms with E-state index >= 15 is 0 Å². The van der Waals surface area contributed by atoms with Crippen LogP contribution < -0.4 is 15.5 Å². The summed E-state index contributed by atoms with van der Waals surface area (Å²) in [5.41, 5.74) is 8.85. The van der Waals surface area contributed by atoms with Gasteiger partial charge in [-0.1, -0.05) is 0 Å². The molecule has 1 radical (unpaired) electrons. The summed E-state index contributed by atoms with van der Waals surface area (Å²) in [6, 6.07) is 7.34. The lowest BCUT2D eigenvalue weighted by atomic mass is 10.2. The summed E-state index contributed by atoms with van der Waals surface area (Å²) in [6.07, 6.45) is 5.24. The van der Waals surface area contributed by atoms with E-state index in [1.165, 1.54) is 0 Å². The number of carbonyl (C=O) groups is 1. The topological polar surface area (TPSA) is 73.1 Å². The predicted octanol–water partition coefficient (Wildman–Crippen LogP) is 1.23. The van der Waals surface area contributed by atoms with Gasteiger partial charge in [-0.2, -0.15) is 0 Å². The van der Waals surface area contributed by atoms with Gasteiger partial charge in [0.25, 0.3) is 5.91 Å². The molecule has 1 aliphatic rings. The van der Waals surface area contributed by atoms with Gasteiger partial charge >= 0.3 is 0 Å². The van der Waals surface area contributed by atoms with Gasteiger partial charge in [-0.25, -0.2) is 4.98 Å². The van der Waals surface area contributed by atoms with E-state index in [0.717, 1.165) is 31.9 Å². The summed E-state index contributed by atoms with van der Waals surface area (Å²) in [5.74, 6) is -0.0680. The first-order valence-electron chi connectivity index (χ1n) is 6.86. The van der Waals surface area contributed by atoms with Gasteiger partial charge in [0.1, 0.15) is 5.82 Å². The fraction of sp³-hybridized carbons (Fsp3) is 0.267. The van der Waals surface area contributed by atoms with Crippen molar-refractivity contribution in [1.29, 1.82) is 0 Å². The third-order valence-corrected chi connectivity index (χ3v) is 3.64. The van der Waals surface area contributed by atoms with E-state index in [9.17, 15) is 4.79 Å². The van der Waals surface area contributed by atoms with Gasteiger partial charge < -0.3 is 9.80 Å². The molecule has 0 atom stereocenters. The zero-order valence-electron chi connectivity index (χ0n) is 11.6. The van der Waals surface area contributed by atoms with Crippen molar-refractivity contribution in [3.8, 4) is 0 Å². The van der Waals surface area contributed by atoms with Crippen molar-refractivity contribution < 1.29 is 4.79 Å². The van der Waals surface area contributed by atoms with Crippen LogP contribution in [0.15, 0.2) is 42.9 Å². The molecule has 2 aromatic rings. The number of nitrogens with one attached hydrogen (secondary N) is 1. The SMILES string of the molecule is [NH]C(=O)c1cccnc1N1CCN(c2ccncc2)CC1. The van der Waals surface area contributed by atoms with E-state index < -0.39 is 5.91 Å². The third-order valence-electron chi connectivity index (χ3n) is 3.64. The van der Waals surface area contributed by atoms with Gasteiger partial charge in [0.2, 0.25) is 0 Å². The van der Waals surface area contributed by atoms with Crippen LogP contribution in [0, 0.1) is 0 Å². The van der Waals surface area contributed by atoms with Crippen LogP contribution in [0.5, 0.6) is 0 Å². The first-order valence-corrected chi connectivity index (χ1v) is 6.86. The molecule has 6 nitrogen and oxygen atoms in total. The second-order valence-electron chi connectivity index (χ2n) is 4.88. The van der Waals surface area contributed by atoms with Crippen LogP contribution in [0.2, 0.25) is 0 Å². The number of nitrogens with zero attached hydrogens (tertiary/aromatic N) is 4. The lowest BCUT2D eigenvalue weighted by molar-refractivity contribution is 0.0992. The second kappa shape index (κ2) is 5.78. The number of hydrogen-bond donors (Lipinski definition) is 0. The van der Waals surface area contributed by atoms with Crippen molar-refractivity contribution in [2.75, 3.05) is 36.0 Å². The van der Waals surface area contributed by atoms with Gasteiger partial charge in [0.15, 0.2) is 0 Å². The van der Waals surface area contributed by atoms with Crippen molar-refractivity contribution in [1.82, 2.24) is 15.7 Å². The van der Waals surface area contributed by atoms with Gasteiger partial charge in [-0.3, -0.25) is 15.5 Å². The molecule has 0 unspecified atom stereocenters. The average molecular weight is 282 g/mol. The number of aromatic nitrogens is 2. The maximum Gasteiger partial charge on any atom is 0.273 e. The molecule has 1 N–H and O–H groups in total. The maximum atomic E-state index is 11.4. The molecule has 1 saturated heterocycles. The minimum atomic E-state index is -0.685.